The number of fused-ring (bicyclic) bond motifs is 2. The molecule has 6 heteroatoms. The van der Waals surface area contributed by atoms with Crippen LogP contribution in [-0.2, 0) is 9.53 Å². The molecule has 122 valence electrons. The molecule has 2 aromatic carbocycles. The first-order valence-electron chi connectivity index (χ1n) is 7.28. The van der Waals surface area contributed by atoms with Crippen molar-refractivity contribution in [2.24, 2.45) is 0 Å². The standard InChI is InChI=1S/C18H14O6/c1-23-14(20)8-9-24-13-7-6-12(19)15-16(13)18(22)11-5-3-2-4-10(11)17(15)21/h2-7,19H,8-9H2,1H3. The predicted molar refractivity (Wildman–Crippen MR) is 83.5 cm³/mol. The second-order valence-corrected chi connectivity index (χ2v) is 5.21. The summed E-state index contributed by atoms with van der Waals surface area (Å²) in [6.07, 6.45) is 0.00483. The lowest BCUT2D eigenvalue weighted by Crippen LogP contribution is -2.22. The maximum absolute atomic E-state index is 12.7. The first-order chi connectivity index (χ1) is 11.5. The summed E-state index contributed by atoms with van der Waals surface area (Å²) in [5.74, 6) is -1.41. The Labute approximate surface area is 137 Å². The fourth-order valence-electron chi connectivity index (χ4n) is 2.64. The molecule has 24 heavy (non-hydrogen) atoms. The second-order valence-electron chi connectivity index (χ2n) is 5.21. The van der Waals surface area contributed by atoms with E-state index in [2.05, 4.69) is 4.74 Å². The van der Waals surface area contributed by atoms with Crippen LogP contribution in [0.25, 0.3) is 0 Å². The quantitative estimate of drug-likeness (QED) is 0.739. The SMILES string of the molecule is COC(=O)CCOc1ccc(O)c2c1C(=O)c1ccccc1C2=O. The number of rotatable bonds is 4. The summed E-state index contributed by atoms with van der Waals surface area (Å²) in [7, 11) is 1.27. The molecule has 0 aromatic heterocycles. The Morgan fingerprint density at radius 3 is 2.25 bits per heavy atom. The van der Waals surface area contributed by atoms with E-state index in [4.69, 9.17) is 4.74 Å². The van der Waals surface area contributed by atoms with Crippen molar-refractivity contribution in [3.8, 4) is 11.5 Å². The number of phenolic OH excluding ortho intramolecular Hbond substituents is 1. The number of hydrogen-bond donors (Lipinski definition) is 1. The highest BCUT2D eigenvalue weighted by Crippen LogP contribution is 2.37. The Hall–Kier alpha value is -3.15. The maximum Gasteiger partial charge on any atom is 0.308 e. The summed E-state index contributed by atoms with van der Waals surface area (Å²) in [6, 6.07) is 9.12. The van der Waals surface area contributed by atoms with Crippen LogP contribution in [0.5, 0.6) is 11.5 Å². The molecule has 0 saturated carbocycles. The van der Waals surface area contributed by atoms with Crippen LogP contribution >= 0.6 is 0 Å². The number of ketones is 2. The fourth-order valence-corrected chi connectivity index (χ4v) is 2.64. The van der Waals surface area contributed by atoms with Gasteiger partial charge in [-0.1, -0.05) is 24.3 Å². The Kier molecular flexibility index (Phi) is 4.04. The van der Waals surface area contributed by atoms with E-state index in [-0.39, 0.29) is 46.8 Å². The van der Waals surface area contributed by atoms with E-state index in [1.165, 1.54) is 19.2 Å². The van der Waals surface area contributed by atoms with Crippen LogP contribution in [0.15, 0.2) is 36.4 Å². The zero-order chi connectivity index (χ0) is 17.3. The van der Waals surface area contributed by atoms with E-state index < -0.39 is 17.5 Å². The van der Waals surface area contributed by atoms with Gasteiger partial charge in [0.1, 0.15) is 11.5 Å². The van der Waals surface area contributed by atoms with Crippen molar-refractivity contribution in [3.05, 3.63) is 58.7 Å². The zero-order valence-corrected chi connectivity index (χ0v) is 12.9. The predicted octanol–water partition coefficient (Wildman–Crippen LogP) is 2.11. The minimum Gasteiger partial charge on any atom is -0.507 e. The highest BCUT2D eigenvalue weighted by molar-refractivity contribution is 6.30. The van der Waals surface area contributed by atoms with Gasteiger partial charge < -0.3 is 14.6 Å². The summed E-state index contributed by atoms with van der Waals surface area (Å²) in [5, 5.41) is 10.0. The molecule has 0 saturated heterocycles. The highest BCUT2D eigenvalue weighted by atomic mass is 16.5. The minimum absolute atomic E-state index is 0.00483. The van der Waals surface area contributed by atoms with E-state index in [0.29, 0.717) is 0 Å². The summed E-state index contributed by atoms with van der Waals surface area (Å²) < 4.78 is 10.0. The third kappa shape index (κ3) is 2.52. The lowest BCUT2D eigenvalue weighted by Gasteiger charge is -2.21. The number of methoxy groups -OCH3 is 1. The minimum atomic E-state index is -0.449. The largest absolute Gasteiger partial charge is 0.507 e. The molecular weight excluding hydrogens is 312 g/mol. The van der Waals surface area contributed by atoms with Gasteiger partial charge in [0.15, 0.2) is 11.6 Å². The number of aromatic hydroxyl groups is 1. The van der Waals surface area contributed by atoms with Gasteiger partial charge in [-0.05, 0) is 12.1 Å². The van der Waals surface area contributed by atoms with Gasteiger partial charge in [-0.2, -0.15) is 0 Å². The number of esters is 1. The fraction of sp³-hybridized carbons (Fsp3) is 0.167. The van der Waals surface area contributed by atoms with Gasteiger partial charge in [0.2, 0.25) is 0 Å². The number of carbonyl (C=O) groups excluding carboxylic acids is 3. The van der Waals surface area contributed by atoms with Crippen LogP contribution in [0.4, 0.5) is 0 Å². The van der Waals surface area contributed by atoms with E-state index in [1.54, 1.807) is 24.3 Å². The lowest BCUT2D eigenvalue weighted by atomic mass is 9.83. The van der Waals surface area contributed by atoms with Gasteiger partial charge in [-0.3, -0.25) is 14.4 Å². The lowest BCUT2D eigenvalue weighted by molar-refractivity contribution is -0.141. The Morgan fingerprint density at radius 1 is 1.00 bits per heavy atom. The van der Waals surface area contributed by atoms with Crippen molar-refractivity contribution < 1.29 is 29.0 Å². The van der Waals surface area contributed by atoms with Crippen LogP contribution in [0, 0.1) is 0 Å². The summed E-state index contributed by atoms with van der Waals surface area (Å²) in [6.45, 7) is -0.00694. The van der Waals surface area contributed by atoms with E-state index in [9.17, 15) is 19.5 Å². The molecule has 0 unspecified atom stereocenters. The molecule has 0 amide bonds. The molecule has 0 spiro atoms. The molecule has 2 aromatic rings. The molecule has 0 radical (unpaired) electrons. The number of benzene rings is 2. The molecule has 1 aliphatic carbocycles. The highest BCUT2D eigenvalue weighted by Gasteiger charge is 2.34. The van der Waals surface area contributed by atoms with Crippen LogP contribution < -0.4 is 4.74 Å². The Morgan fingerprint density at radius 2 is 1.62 bits per heavy atom. The normalized spacial score (nSPS) is 12.4. The van der Waals surface area contributed by atoms with E-state index >= 15 is 0 Å². The first kappa shape index (κ1) is 15.7. The van der Waals surface area contributed by atoms with Crippen LogP contribution in [0.3, 0.4) is 0 Å². The average molecular weight is 326 g/mol. The first-order valence-corrected chi connectivity index (χ1v) is 7.28. The molecule has 0 fully saturated rings. The monoisotopic (exact) mass is 326 g/mol. The maximum atomic E-state index is 12.7. The second kappa shape index (κ2) is 6.16. The van der Waals surface area contributed by atoms with Crippen molar-refractivity contribution >= 4 is 17.5 Å². The molecule has 0 aliphatic heterocycles. The molecule has 3 rings (SSSR count). The smallest absolute Gasteiger partial charge is 0.308 e. The van der Waals surface area contributed by atoms with Crippen molar-refractivity contribution in [1.29, 1.82) is 0 Å². The molecule has 1 aliphatic rings. The number of ether oxygens (including phenoxy) is 2. The van der Waals surface area contributed by atoms with Crippen molar-refractivity contribution in [2.75, 3.05) is 13.7 Å². The van der Waals surface area contributed by atoms with Gasteiger partial charge in [0.25, 0.3) is 0 Å². The summed E-state index contributed by atoms with van der Waals surface area (Å²) in [4.78, 5) is 36.5. The molecule has 0 bridgehead atoms. The number of carbonyl (C=O) groups is 3. The van der Waals surface area contributed by atoms with Gasteiger partial charge in [-0.15, -0.1) is 0 Å². The molecule has 0 atom stereocenters. The molecule has 0 heterocycles. The Bertz CT molecular complexity index is 853. The van der Waals surface area contributed by atoms with Gasteiger partial charge in [-0.25, -0.2) is 0 Å². The van der Waals surface area contributed by atoms with Crippen LogP contribution in [0.1, 0.15) is 38.3 Å². The molecular formula is C18H14O6. The number of phenols is 1. The summed E-state index contributed by atoms with van der Waals surface area (Å²) >= 11 is 0. The molecule has 1 N–H and O–H groups in total. The van der Waals surface area contributed by atoms with Crippen LogP contribution in [-0.4, -0.2) is 36.4 Å². The Balaban J connectivity index is 2.02. The molecule has 6 nitrogen and oxygen atoms in total. The van der Waals surface area contributed by atoms with Crippen molar-refractivity contribution in [3.63, 3.8) is 0 Å². The van der Waals surface area contributed by atoms with Crippen LogP contribution in [0.2, 0.25) is 0 Å². The van der Waals surface area contributed by atoms with Crippen molar-refractivity contribution in [1.82, 2.24) is 0 Å². The zero-order valence-electron chi connectivity index (χ0n) is 12.9. The third-order valence-electron chi connectivity index (χ3n) is 3.81. The average Bonchev–Trinajstić information content (AvgIpc) is 2.60. The van der Waals surface area contributed by atoms with E-state index in [0.717, 1.165) is 0 Å². The van der Waals surface area contributed by atoms with Gasteiger partial charge in [0, 0.05) is 11.1 Å². The topological polar surface area (TPSA) is 89.9 Å². The van der Waals surface area contributed by atoms with Gasteiger partial charge >= 0.3 is 5.97 Å². The van der Waals surface area contributed by atoms with Crippen molar-refractivity contribution in [2.45, 2.75) is 6.42 Å². The van der Waals surface area contributed by atoms with Gasteiger partial charge in [0.05, 0.1) is 31.3 Å². The van der Waals surface area contributed by atoms with E-state index in [1.807, 2.05) is 0 Å². The third-order valence-corrected chi connectivity index (χ3v) is 3.81. The number of hydrogen-bond acceptors (Lipinski definition) is 6. The summed E-state index contributed by atoms with van der Waals surface area (Å²) in [5.41, 5.74) is 0.452.